The van der Waals surface area contributed by atoms with Crippen LogP contribution in [0.15, 0.2) is 18.5 Å². The molecule has 0 aromatic carbocycles. The smallest absolute Gasteiger partial charge is 0.298 e. The predicted molar refractivity (Wildman–Crippen MR) is 45.0 cm³/mol. The zero-order valence-corrected chi connectivity index (χ0v) is 7.15. The molecule has 0 aliphatic heterocycles. The molecule has 1 aromatic rings. The lowest BCUT2D eigenvalue weighted by molar-refractivity contribution is -0.120. The molecule has 0 radical (unpaired) electrons. The van der Waals surface area contributed by atoms with Gasteiger partial charge in [-0.15, -0.1) is 0 Å². The zero-order chi connectivity index (χ0) is 8.97. The first-order chi connectivity index (χ1) is 5.75. The van der Waals surface area contributed by atoms with Gasteiger partial charge in [-0.2, -0.15) is 0 Å². The number of nitrogens with zero attached hydrogens (tertiary/aromatic N) is 1. The fourth-order valence-electron chi connectivity index (χ4n) is 1.02. The molecule has 0 fully saturated rings. The summed E-state index contributed by atoms with van der Waals surface area (Å²) in [7, 11) is 0. The number of ether oxygens (including phenoxy) is 1. The van der Waals surface area contributed by atoms with Crippen LogP contribution in [0.1, 0.15) is 25.3 Å². The highest BCUT2D eigenvalue weighted by Crippen LogP contribution is 2.23. The van der Waals surface area contributed by atoms with Gasteiger partial charge in [0, 0.05) is 11.8 Å². The first kappa shape index (κ1) is 8.71. The number of rotatable bonds is 3. The first-order valence-corrected chi connectivity index (χ1v) is 3.80. The van der Waals surface area contributed by atoms with E-state index >= 15 is 0 Å². The average Bonchev–Trinajstić information content (AvgIpc) is 2.05. The summed E-state index contributed by atoms with van der Waals surface area (Å²) in [6, 6.07) is 1.85. The molecule has 0 saturated carbocycles. The van der Waals surface area contributed by atoms with Gasteiger partial charge in [0.05, 0.1) is 6.20 Å². The highest BCUT2D eigenvalue weighted by molar-refractivity contribution is 5.47. The van der Waals surface area contributed by atoms with Gasteiger partial charge in [-0.1, -0.05) is 13.8 Å². The summed E-state index contributed by atoms with van der Waals surface area (Å²) >= 11 is 0. The largest absolute Gasteiger partial charge is 0.427 e. The van der Waals surface area contributed by atoms with Gasteiger partial charge in [0.1, 0.15) is 0 Å². The minimum atomic E-state index is 0.336. The lowest BCUT2D eigenvalue weighted by Crippen LogP contribution is -1.96. The second-order valence-electron chi connectivity index (χ2n) is 2.78. The summed E-state index contributed by atoms with van der Waals surface area (Å²) in [5.41, 5.74) is 0.997. The number of hydrogen-bond donors (Lipinski definition) is 0. The Kier molecular flexibility index (Phi) is 2.80. The van der Waals surface area contributed by atoms with Gasteiger partial charge < -0.3 is 4.74 Å². The molecule has 64 valence electrons. The highest BCUT2D eigenvalue weighted by Gasteiger charge is 2.06. The van der Waals surface area contributed by atoms with E-state index in [1.54, 1.807) is 12.4 Å². The molecule has 0 unspecified atom stereocenters. The van der Waals surface area contributed by atoms with Crippen molar-refractivity contribution in [3.8, 4) is 5.75 Å². The Morgan fingerprint density at radius 1 is 1.58 bits per heavy atom. The van der Waals surface area contributed by atoms with Crippen molar-refractivity contribution in [3.63, 3.8) is 0 Å². The fourth-order valence-corrected chi connectivity index (χ4v) is 1.02. The van der Waals surface area contributed by atoms with Crippen LogP contribution in [-0.2, 0) is 4.79 Å². The van der Waals surface area contributed by atoms with Crippen molar-refractivity contribution in [3.05, 3.63) is 24.0 Å². The minimum Gasteiger partial charge on any atom is -0.427 e. The summed E-state index contributed by atoms with van der Waals surface area (Å²) in [4.78, 5) is 14.0. The lowest BCUT2D eigenvalue weighted by atomic mass is 10.0. The van der Waals surface area contributed by atoms with Crippen LogP contribution in [0.25, 0.3) is 0 Å². The third-order valence-electron chi connectivity index (χ3n) is 1.61. The molecule has 1 aromatic heterocycles. The van der Waals surface area contributed by atoms with E-state index in [9.17, 15) is 4.79 Å². The van der Waals surface area contributed by atoms with E-state index in [1.165, 1.54) is 0 Å². The molecule has 1 heterocycles. The first-order valence-electron chi connectivity index (χ1n) is 3.80. The van der Waals surface area contributed by atoms with Gasteiger partial charge in [0.15, 0.2) is 5.75 Å². The molecule has 0 spiro atoms. The van der Waals surface area contributed by atoms with Crippen molar-refractivity contribution in [2.24, 2.45) is 0 Å². The van der Waals surface area contributed by atoms with Gasteiger partial charge in [0.25, 0.3) is 6.47 Å². The summed E-state index contributed by atoms with van der Waals surface area (Å²) < 4.78 is 4.76. The van der Waals surface area contributed by atoms with Crippen molar-refractivity contribution in [2.75, 3.05) is 0 Å². The van der Waals surface area contributed by atoms with Crippen molar-refractivity contribution in [1.82, 2.24) is 4.98 Å². The maximum absolute atomic E-state index is 10.1. The van der Waals surface area contributed by atoms with E-state index in [2.05, 4.69) is 4.98 Å². The molecule has 0 amide bonds. The third-order valence-corrected chi connectivity index (χ3v) is 1.61. The van der Waals surface area contributed by atoms with E-state index in [0.29, 0.717) is 18.1 Å². The fraction of sp³-hybridized carbons (Fsp3) is 0.333. The molecule has 1 rings (SSSR count). The van der Waals surface area contributed by atoms with Crippen molar-refractivity contribution < 1.29 is 9.53 Å². The SMILES string of the molecule is CC(C)c1ccncc1OC=O. The van der Waals surface area contributed by atoms with Crippen LogP contribution in [-0.4, -0.2) is 11.5 Å². The summed E-state index contributed by atoms with van der Waals surface area (Å²) in [5.74, 6) is 0.880. The molecule has 0 bridgehead atoms. The Labute approximate surface area is 71.4 Å². The zero-order valence-electron chi connectivity index (χ0n) is 7.15. The Morgan fingerprint density at radius 2 is 2.33 bits per heavy atom. The van der Waals surface area contributed by atoms with Gasteiger partial charge >= 0.3 is 0 Å². The van der Waals surface area contributed by atoms with Crippen LogP contribution in [0.5, 0.6) is 5.75 Å². The molecule has 3 heteroatoms. The van der Waals surface area contributed by atoms with Crippen molar-refractivity contribution >= 4 is 6.47 Å². The maximum atomic E-state index is 10.1. The number of carbonyl (C=O) groups excluding carboxylic acids is 1. The number of pyridine rings is 1. The minimum absolute atomic E-state index is 0.336. The highest BCUT2D eigenvalue weighted by atomic mass is 16.5. The second-order valence-corrected chi connectivity index (χ2v) is 2.78. The predicted octanol–water partition coefficient (Wildman–Crippen LogP) is 1.74. The molecular formula is C9H11NO2. The number of carbonyl (C=O) groups is 1. The summed E-state index contributed by atoms with van der Waals surface area (Å²) in [6.45, 7) is 4.49. The van der Waals surface area contributed by atoms with Crippen LogP contribution in [0, 0.1) is 0 Å². The van der Waals surface area contributed by atoms with Crippen LogP contribution in [0.3, 0.4) is 0 Å². The van der Waals surface area contributed by atoms with E-state index in [4.69, 9.17) is 4.74 Å². The summed E-state index contributed by atoms with van der Waals surface area (Å²) in [6.07, 6.45) is 3.23. The second kappa shape index (κ2) is 3.85. The molecule has 0 aliphatic rings. The van der Waals surface area contributed by atoms with E-state index in [0.717, 1.165) is 5.56 Å². The molecule has 0 N–H and O–H groups in total. The maximum Gasteiger partial charge on any atom is 0.298 e. The molecule has 0 aliphatic carbocycles. The topological polar surface area (TPSA) is 39.2 Å². The van der Waals surface area contributed by atoms with Crippen LogP contribution >= 0.6 is 0 Å². The Morgan fingerprint density at radius 3 is 2.92 bits per heavy atom. The van der Waals surface area contributed by atoms with Crippen LogP contribution in [0.2, 0.25) is 0 Å². The average molecular weight is 165 g/mol. The van der Waals surface area contributed by atoms with Gasteiger partial charge in [0.2, 0.25) is 0 Å². The lowest BCUT2D eigenvalue weighted by Gasteiger charge is -2.08. The van der Waals surface area contributed by atoms with E-state index < -0.39 is 0 Å². The van der Waals surface area contributed by atoms with Crippen LogP contribution in [0.4, 0.5) is 0 Å². The Balaban J connectivity index is 2.99. The Hall–Kier alpha value is -1.38. The number of aromatic nitrogens is 1. The Bertz CT molecular complexity index is 271. The van der Waals surface area contributed by atoms with E-state index in [1.807, 2.05) is 19.9 Å². The monoisotopic (exact) mass is 165 g/mol. The van der Waals surface area contributed by atoms with Gasteiger partial charge in [-0.05, 0) is 12.0 Å². The third kappa shape index (κ3) is 1.81. The molecule has 0 saturated heterocycles. The van der Waals surface area contributed by atoms with E-state index in [-0.39, 0.29) is 0 Å². The molecule has 12 heavy (non-hydrogen) atoms. The standard InChI is InChI=1S/C9H11NO2/c1-7(2)8-3-4-10-5-9(8)12-6-11/h3-7H,1-2H3. The molecule has 0 atom stereocenters. The normalized spacial score (nSPS) is 9.92. The van der Waals surface area contributed by atoms with Gasteiger partial charge in [-0.3, -0.25) is 9.78 Å². The van der Waals surface area contributed by atoms with Gasteiger partial charge in [-0.25, -0.2) is 0 Å². The molecular weight excluding hydrogens is 154 g/mol. The quantitative estimate of drug-likeness (QED) is 0.640. The van der Waals surface area contributed by atoms with Crippen LogP contribution < -0.4 is 4.74 Å². The van der Waals surface area contributed by atoms with Crippen molar-refractivity contribution in [1.29, 1.82) is 0 Å². The number of hydrogen-bond acceptors (Lipinski definition) is 3. The molecule has 3 nitrogen and oxygen atoms in total. The summed E-state index contributed by atoms with van der Waals surface area (Å²) in [5, 5.41) is 0. The van der Waals surface area contributed by atoms with Crippen molar-refractivity contribution in [2.45, 2.75) is 19.8 Å².